The van der Waals surface area contributed by atoms with E-state index in [1.165, 1.54) is 5.56 Å². The number of amides is 1. The van der Waals surface area contributed by atoms with E-state index >= 15 is 0 Å². The molecule has 2 N–H and O–H groups in total. The molecule has 1 aliphatic rings. The molecule has 0 saturated carbocycles. The predicted molar refractivity (Wildman–Crippen MR) is 129 cm³/mol. The highest BCUT2D eigenvalue weighted by Gasteiger charge is 2.21. The predicted octanol–water partition coefficient (Wildman–Crippen LogP) is 3.37. The van der Waals surface area contributed by atoms with Crippen LogP contribution in [0.25, 0.3) is 0 Å². The molecule has 0 aliphatic carbocycles. The number of carbonyl (C=O) groups excluding carboxylic acids is 2. The third-order valence-electron chi connectivity index (χ3n) is 5.70. The quantitative estimate of drug-likeness (QED) is 0.620. The Hall–Kier alpha value is -3.74. The molecule has 4 rings (SSSR count). The maximum atomic E-state index is 12.9. The van der Waals surface area contributed by atoms with Crippen LogP contribution < -0.4 is 10.6 Å². The fraction of sp³-hybridized carbons (Fsp3) is 0.280. The molecule has 3 aromatic rings. The third kappa shape index (κ3) is 4.94. The Morgan fingerprint density at radius 2 is 1.81 bits per heavy atom. The van der Waals surface area contributed by atoms with Gasteiger partial charge in [-0.2, -0.15) is 0 Å². The van der Waals surface area contributed by atoms with Crippen molar-refractivity contribution in [2.45, 2.75) is 19.8 Å². The Morgan fingerprint density at radius 3 is 2.59 bits per heavy atom. The van der Waals surface area contributed by atoms with E-state index in [-0.39, 0.29) is 20.4 Å². The van der Waals surface area contributed by atoms with Crippen molar-refractivity contribution in [1.29, 1.82) is 0 Å². The summed E-state index contributed by atoms with van der Waals surface area (Å²) in [6.45, 7) is 4.82. The van der Waals surface area contributed by atoms with Crippen LogP contribution in [0.15, 0.2) is 60.8 Å². The zero-order valence-electron chi connectivity index (χ0n) is 18.2. The van der Waals surface area contributed by atoms with Crippen LogP contribution in [-0.2, 0) is 11.2 Å². The van der Waals surface area contributed by atoms with Gasteiger partial charge in [-0.25, -0.2) is 9.97 Å². The Morgan fingerprint density at radius 1 is 1.00 bits per heavy atom. The Kier molecular flexibility index (Phi) is 6.44. The number of nitrogens with two attached hydrogens (primary N) is 1. The van der Waals surface area contributed by atoms with E-state index in [1.54, 1.807) is 24.4 Å². The topological polar surface area (TPSA) is 92.4 Å². The van der Waals surface area contributed by atoms with E-state index in [9.17, 15) is 9.59 Å². The molecule has 0 bridgehead atoms. The number of nitrogens with zero attached hydrogens (tertiary/aromatic N) is 4. The molecule has 0 radical (unpaired) electrons. The molecule has 1 aliphatic heterocycles. The van der Waals surface area contributed by atoms with Gasteiger partial charge in [0.25, 0.3) is 0 Å². The van der Waals surface area contributed by atoms with Gasteiger partial charge in [0.1, 0.15) is 17.3 Å². The first kappa shape index (κ1) is 21.5. The first-order chi connectivity index (χ1) is 15.5. The second kappa shape index (κ2) is 9.60. The second-order valence-corrected chi connectivity index (χ2v) is 8.03. The summed E-state index contributed by atoms with van der Waals surface area (Å²) in [6.07, 6.45) is 2.81. The average Bonchev–Trinajstić information content (AvgIpc) is 3.07. The van der Waals surface area contributed by atoms with E-state index in [1.807, 2.05) is 48.2 Å². The SMILES string of the molecule is Cc1ccc(CC(=O)N2CCCN(c3cccc(C(=O)c4cccnc4N)n3)CC2)cc1.[HH].[HH]. The summed E-state index contributed by atoms with van der Waals surface area (Å²) in [4.78, 5) is 38.3. The number of ketones is 1. The summed E-state index contributed by atoms with van der Waals surface area (Å²) < 4.78 is 0. The fourth-order valence-electron chi connectivity index (χ4n) is 3.86. The van der Waals surface area contributed by atoms with E-state index in [4.69, 9.17) is 5.73 Å². The molecule has 1 fully saturated rings. The number of rotatable bonds is 5. The van der Waals surface area contributed by atoms with E-state index in [2.05, 4.69) is 14.9 Å². The van der Waals surface area contributed by atoms with Gasteiger partial charge in [-0.05, 0) is 43.2 Å². The van der Waals surface area contributed by atoms with Gasteiger partial charge < -0.3 is 15.5 Å². The number of pyridine rings is 2. The van der Waals surface area contributed by atoms with Crippen molar-refractivity contribution in [2.24, 2.45) is 0 Å². The van der Waals surface area contributed by atoms with Gasteiger partial charge in [0, 0.05) is 35.2 Å². The largest absolute Gasteiger partial charge is 0.383 e. The van der Waals surface area contributed by atoms with Crippen LogP contribution in [0.4, 0.5) is 11.6 Å². The smallest absolute Gasteiger partial charge is 0.227 e. The molecule has 1 aromatic carbocycles. The van der Waals surface area contributed by atoms with Crippen LogP contribution in [0.5, 0.6) is 0 Å². The van der Waals surface area contributed by atoms with Crippen molar-refractivity contribution >= 4 is 23.3 Å². The van der Waals surface area contributed by atoms with Gasteiger partial charge in [-0.15, -0.1) is 0 Å². The summed E-state index contributed by atoms with van der Waals surface area (Å²) in [5, 5.41) is 0. The normalized spacial score (nSPS) is 14.2. The lowest BCUT2D eigenvalue weighted by atomic mass is 10.1. The maximum Gasteiger partial charge on any atom is 0.227 e. The zero-order chi connectivity index (χ0) is 22.5. The molecular formula is C25H31N5O2. The molecule has 7 nitrogen and oxygen atoms in total. The van der Waals surface area contributed by atoms with Gasteiger partial charge in [-0.3, -0.25) is 9.59 Å². The number of carbonyl (C=O) groups is 2. The zero-order valence-corrected chi connectivity index (χ0v) is 18.2. The monoisotopic (exact) mass is 433 g/mol. The summed E-state index contributed by atoms with van der Waals surface area (Å²) in [6, 6.07) is 16.8. The third-order valence-corrected chi connectivity index (χ3v) is 5.70. The van der Waals surface area contributed by atoms with Gasteiger partial charge in [0.15, 0.2) is 0 Å². The fourth-order valence-corrected chi connectivity index (χ4v) is 3.86. The number of hydrogen-bond donors (Lipinski definition) is 1. The van der Waals surface area contributed by atoms with Gasteiger partial charge in [-0.1, -0.05) is 35.9 Å². The molecule has 0 atom stereocenters. The van der Waals surface area contributed by atoms with Crippen molar-refractivity contribution in [3.63, 3.8) is 0 Å². The second-order valence-electron chi connectivity index (χ2n) is 8.03. The Balaban J connectivity index is 0.00000204. The van der Waals surface area contributed by atoms with Crippen LogP contribution in [-0.4, -0.2) is 52.7 Å². The molecule has 2 aromatic heterocycles. The molecule has 7 heteroatoms. The van der Waals surface area contributed by atoms with E-state index < -0.39 is 0 Å². The molecule has 32 heavy (non-hydrogen) atoms. The number of aryl methyl sites for hydroxylation is 1. The standard InChI is InChI=1S/C25H27N5O2.2H2/c1-18-8-10-19(11-9-18)17-23(31)30-14-4-13-29(15-16-30)22-7-2-6-21(28-22)24(32)20-5-3-12-27-25(20)26;;/h2-3,5-12H,4,13-17H2,1H3,(H2,26,27);2*1H. The van der Waals surface area contributed by atoms with Crippen LogP contribution in [0.3, 0.4) is 0 Å². The van der Waals surface area contributed by atoms with E-state index in [0.29, 0.717) is 37.3 Å². The van der Waals surface area contributed by atoms with Crippen molar-refractivity contribution in [3.8, 4) is 0 Å². The molecule has 3 heterocycles. The summed E-state index contributed by atoms with van der Waals surface area (Å²) >= 11 is 0. The van der Waals surface area contributed by atoms with Crippen molar-refractivity contribution < 1.29 is 12.4 Å². The Labute approximate surface area is 190 Å². The number of hydrogen-bond acceptors (Lipinski definition) is 6. The minimum absolute atomic E-state index is 0. The molecule has 0 unspecified atom stereocenters. The minimum atomic E-state index is -0.248. The lowest BCUT2D eigenvalue weighted by Crippen LogP contribution is -2.36. The lowest BCUT2D eigenvalue weighted by Gasteiger charge is -2.23. The molecular weight excluding hydrogens is 402 g/mol. The Bertz CT molecular complexity index is 1120. The van der Waals surface area contributed by atoms with Gasteiger partial charge >= 0.3 is 0 Å². The van der Waals surface area contributed by atoms with Crippen LogP contribution in [0, 0.1) is 6.92 Å². The summed E-state index contributed by atoms with van der Waals surface area (Å²) in [5.41, 5.74) is 8.76. The van der Waals surface area contributed by atoms with Crippen molar-refractivity contribution in [1.82, 2.24) is 14.9 Å². The highest BCUT2D eigenvalue weighted by atomic mass is 16.2. The average molecular weight is 434 g/mol. The van der Waals surface area contributed by atoms with Crippen LogP contribution in [0.1, 0.15) is 36.5 Å². The number of anilines is 2. The van der Waals surface area contributed by atoms with E-state index in [0.717, 1.165) is 24.3 Å². The molecule has 1 amide bonds. The molecule has 0 spiro atoms. The van der Waals surface area contributed by atoms with Crippen molar-refractivity contribution in [2.75, 3.05) is 36.8 Å². The summed E-state index contributed by atoms with van der Waals surface area (Å²) in [7, 11) is 0. The highest BCUT2D eigenvalue weighted by molar-refractivity contribution is 6.10. The summed E-state index contributed by atoms with van der Waals surface area (Å²) in [5.74, 6) is 0.815. The first-order valence-corrected chi connectivity index (χ1v) is 10.8. The van der Waals surface area contributed by atoms with Crippen LogP contribution >= 0.6 is 0 Å². The van der Waals surface area contributed by atoms with Crippen LogP contribution in [0.2, 0.25) is 0 Å². The number of aromatic nitrogens is 2. The maximum absolute atomic E-state index is 12.9. The van der Waals surface area contributed by atoms with Gasteiger partial charge in [0.2, 0.25) is 11.7 Å². The lowest BCUT2D eigenvalue weighted by molar-refractivity contribution is -0.130. The van der Waals surface area contributed by atoms with Gasteiger partial charge in [0.05, 0.1) is 12.0 Å². The number of nitrogen functional groups attached to an aromatic ring is 1. The minimum Gasteiger partial charge on any atom is -0.383 e. The molecule has 1 saturated heterocycles. The highest BCUT2D eigenvalue weighted by Crippen LogP contribution is 2.18. The van der Waals surface area contributed by atoms with Crippen molar-refractivity contribution in [3.05, 3.63) is 83.2 Å². The number of benzene rings is 1. The molecule has 168 valence electrons. The first-order valence-electron chi connectivity index (χ1n) is 10.8.